The molecule has 0 saturated carbocycles. The third kappa shape index (κ3) is 1.78. The van der Waals surface area contributed by atoms with Crippen molar-refractivity contribution in [1.29, 1.82) is 0 Å². The van der Waals surface area contributed by atoms with Gasteiger partial charge in [-0.15, -0.1) is 0 Å². The van der Waals surface area contributed by atoms with E-state index in [1.165, 1.54) is 6.20 Å². The molecule has 1 aromatic heterocycles. The molecule has 2 heterocycles. The molecule has 1 aromatic carbocycles. The lowest BCUT2D eigenvalue weighted by Gasteiger charge is -2.26. The molecule has 2 N–H and O–H groups in total. The smallest absolute Gasteiger partial charge is 0.257 e. The van der Waals surface area contributed by atoms with Gasteiger partial charge in [-0.25, -0.2) is 0 Å². The molecule has 0 spiro atoms. The number of H-pyrrole nitrogens is 1. The predicted molar refractivity (Wildman–Crippen MR) is 66.6 cm³/mol. The van der Waals surface area contributed by atoms with Crippen LogP contribution in [0.4, 0.5) is 0 Å². The molecule has 0 radical (unpaired) electrons. The Morgan fingerprint density at radius 3 is 2.83 bits per heavy atom. The van der Waals surface area contributed by atoms with Crippen LogP contribution in [0.15, 0.2) is 35.3 Å². The Hall–Kier alpha value is -2.14. The highest BCUT2D eigenvalue weighted by molar-refractivity contribution is 5.97. The summed E-state index contributed by atoms with van der Waals surface area (Å²) >= 11 is 0. The van der Waals surface area contributed by atoms with E-state index < -0.39 is 0 Å². The maximum Gasteiger partial charge on any atom is 0.257 e. The van der Waals surface area contributed by atoms with E-state index >= 15 is 0 Å². The van der Waals surface area contributed by atoms with Crippen molar-refractivity contribution in [1.82, 2.24) is 10.3 Å². The van der Waals surface area contributed by atoms with E-state index in [-0.39, 0.29) is 22.9 Å². The monoisotopic (exact) mass is 244 g/mol. The molecule has 5 nitrogen and oxygen atoms in total. The Bertz CT molecular complexity index is 659. The number of amides is 1. The first-order chi connectivity index (χ1) is 8.75. The summed E-state index contributed by atoms with van der Waals surface area (Å²) in [5.74, 6) is -0.352. The number of para-hydroxylation sites is 1. The highest BCUT2D eigenvalue weighted by Crippen LogP contribution is 2.07. The van der Waals surface area contributed by atoms with Gasteiger partial charge in [0.15, 0.2) is 0 Å². The van der Waals surface area contributed by atoms with Crippen molar-refractivity contribution in [2.45, 2.75) is 6.04 Å². The second-order valence-electron chi connectivity index (χ2n) is 4.28. The van der Waals surface area contributed by atoms with Crippen LogP contribution in [-0.2, 0) is 4.74 Å². The number of aromatic nitrogens is 1. The molecule has 0 unspecified atom stereocenters. The first-order valence-corrected chi connectivity index (χ1v) is 5.75. The van der Waals surface area contributed by atoms with E-state index in [2.05, 4.69) is 10.3 Å². The van der Waals surface area contributed by atoms with E-state index in [1.54, 1.807) is 18.2 Å². The zero-order chi connectivity index (χ0) is 12.5. The van der Waals surface area contributed by atoms with Crippen LogP contribution in [0, 0.1) is 0 Å². The summed E-state index contributed by atoms with van der Waals surface area (Å²) < 4.78 is 4.97. The number of hydrogen-bond acceptors (Lipinski definition) is 3. The van der Waals surface area contributed by atoms with Gasteiger partial charge in [-0.2, -0.15) is 0 Å². The van der Waals surface area contributed by atoms with E-state index in [4.69, 9.17) is 4.74 Å². The van der Waals surface area contributed by atoms with Gasteiger partial charge in [-0.05, 0) is 12.1 Å². The van der Waals surface area contributed by atoms with Crippen LogP contribution in [0.2, 0.25) is 0 Å². The first kappa shape index (κ1) is 11.0. The molecule has 92 valence electrons. The fourth-order valence-electron chi connectivity index (χ4n) is 1.92. The molecule has 18 heavy (non-hydrogen) atoms. The Labute approximate surface area is 103 Å². The van der Waals surface area contributed by atoms with Crippen LogP contribution in [0.25, 0.3) is 10.9 Å². The summed E-state index contributed by atoms with van der Waals surface area (Å²) in [7, 11) is 0. The molecule has 1 aliphatic heterocycles. The highest BCUT2D eigenvalue weighted by Gasteiger charge is 2.22. The average molecular weight is 244 g/mol. The van der Waals surface area contributed by atoms with Crippen molar-refractivity contribution in [2.24, 2.45) is 0 Å². The largest absolute Gasteiger partial charge is 0.377 e. The molecule has 2 aromatic rings. The second kappa shape index (κ2) is 4.27. The summed E-state index contributed by atoms with van der Waals surface area (Å²) in [6.07, 6.45) is 1.46. The Kier molecular flexibility index (Phi) is 2.60. The topological polar surface area (TPSA) is 71.2 Å². The first-order valence-electron chi connectivity index (χ1n) is 5.75. The summed E-state index contributed by atoms with van der Waals surface area (Å²) in [4.78, 5) is 27.0. The molecule has 1 saturated heterocycles. The number of pyridine rings is 1. The number of aromatic amines is 1. The normalized spacial score (nSPS) is 15.3. The molecule has 3 rings (SSSR count). The second-order valence-corrected chi connectivity index (χ2v) is 4.28. The zero-order valence-electron chi connectivity index (χ0n) is 9.60. The number of hydrogen-bond donors (Lipinski definition) is 2. The Balaban J connectivity index is 1.98. The fourth-order valence-corrected chi connectivity index (χ4v) is 1.92. The van der Waals surface area contributed by atoms with Gasteiger partial charge in [0.2, 0.25) is 5.43 Å². The van der Waals surface area contributed by atoms with Gasteiger partial charge in [-0.1, -0.05) is 12.1 Å². The third-order valence-electron chi connectivity index (χ3n) is 3.01. The average Bonchev–Trinajstić information content (AvgIpc) is 2.34. The van der Waals surface area contributed by atoms with Gasteiger partial charge in [-0.3, -0.25) is 9.59 Å². The lowest BCUT2D eigenvalue weighted by Crippen LogP contribution is -2.49. The number of rotatable bonds is 2. The number of carbonyl (C=O) groups excluding carboxylic acids is 1. The zero-order valence-corrected chi connectivity index (χ0v) is 9.60. The quantitative estimate of drug-likeness (QED) is 0.815. The van der Waals surface area contributed by atoms with Crippen molar-refractivity contribution in [3.8, 4) is 0 Å². The molecule has 0 atom stereocenters. The van der Waals surface area contributed by atoms with Crippen LogP contribution >= 0.6 is 0 Å². The lowest BCUT2D eigenvalue weighted by molar-refractivity contribution is -0.00348. The molecule has 0 aliphatic carbocycles. The van der Waals surface area contributed by atoms with Crippen molar-refractivity contribution in [3.63, 3.8) is 0 Å². The van der Waals surface area contributed by atoms with E-state index in [0.717, 1.165) is 5.52 Å². The number of ether oxygens (including phenoxy) is 1. The van der Waals surface area contributed by atoms with E-state index in [1.807, 2.05) is 6.07 Å². The minimum atomic E-state index is -0.352. The molecule has 1 aliphatic rings. The number of benzene rings is 1. The summed E-state index contributed by atoms with van der Waals surface area (Å²) in [5, 5.41) is 3.28. The van der Waals surface area contributed by atoms with Crippen molar-refractivity contribution >= 4 is 16.8 Å². The fraction of sp³-hybridized carbons (Fsp3) is 0.231. The SMILES string of the molecule is O=C(NC1COC1)c1c[nH]c2ccccc2c1=O. The molecule has 5 heteroatoms. The minimum absolute atomic E-state index is 0.0170. The Morgan fingerprint density at radius 1 is 1.33 bits per heavy atom. The standard InChI is InChI=1S/C13H12N2O3/c16-12-9-3-1-2-4-11(9)14-5-10(12)13(17)15-8-6-18-7-8/h1-5,8H,6-7H2,(H,14,16)(H,15,17). The Morgan fingerprint density at radius 2 is 2.11 bits per heavy atom. The van der Waals surface area contributed by atoms with Gasteiger partial charge >= 0.3 is 0 Å². The van der Waals surface area contributed by atoms with Gasteiger partial charge in [0, 0.05) is 17.1 Å². The van der Waals surface area contributed by atoms with E-state index in [9.17, 15) is 9.59 Å². The third-order valence-corrected chi connectivity index (χ3v) is 3.01. The van der Waals surface area contributed by atoms with Crippen LogP contribution in [0.1, 0.15) is 10.4 Å². The molecule has 1 fully saturated rings. The number of carbonyl (C=O) groups is 1. The number of fused-ring (bicyclic) bond motifs is 1. The molecule has 1 amide bonds. The predicted octanol–water partition coefficient (Wildman–Crippen LogP) is 0.657. The van der Waals surface area contributed by atoms with Crippen molar-refractivity contribution < 1.29 is 9.53 Å². The van der Waals surface area contributed by atoms with Crippen molar-refractivity contribution in [2.75, 3.05) is 13.2 Å². The molecular weight excluding hydrogens is 232 g/mol. The van der Waals surface area contributed by atoms with Gasteiger partial charge in [0.1, 0.15) is 5.56 Å². The van der Waals surface area contributed by atoms with Gasteiger partial charge in [0.25, 0.3) is 5.91 Å². The summed E-state index contributed by atoms with van der Waals surface area (Å²) in [6, 6.07) is 7.14. The lowest BCUT2D eigenvalue weighted by atomic mass is 10.1. The van der Waals surface area contributed by atoms with Crippen LogP contribution < -0.4 is 10.7 Å². The van der Waals surface area contributed by atoms with Crippen LogP contribution in [0.3, 0.4) is 0 Å². The van der Waals surface area contributed by atoms with Gasteiger partial charge < -0.3 is 15.0 Å². The maximum absolute atomic E-state index is 12.1. The summed E-state index contributed by atoms with van der Waals surface area (Å²) in [5.41, 5.74) is 0.619. The molecule has 0 bridgehead atoms. The minimum Gasteiger partial charge on any atom is -0.377 e. The van der Waals surface area contributed by atoms with Crippen LogP contribution in [-0.4, -0.2) is 30.1 Å². The highest BCUT2D eigenvalue weighted by atomic mass is 16.5. The van der Waals surface area contributed by atoms with E-state index in [0.29, 0.717) is 18.6 Å². The van der Waals surface area contributed by atoms with Crippen molar-refractivity contribution in [3.05, 3.63) is 46.2 Å². The van der Waals surface area contributed by atoms with Gasteiger partial charge in [0.05, 0.1) is 19.3 Å². The summed E-state index contributed by atoms with van der Waals surface area (Å²) in [6.45, 7) is 1.02. The molecular formula is C13H12N2O3. The maximum atomic E-state index is 12.1. The van der Waals surface area contributed by atoms with Crippen LogP contribution in [0.5, 0.6) is 0 Å². The number of nitrogens with one attached hydrogen (secondary N) is 2.